The van der Waals surface area contributed by atoms with Gasteiger partial charge in [-0.05, 0) is 31.0 Å². The Morgan fingerprint density at radius 3 is 2.55 bits per heavy atom. The molecular formula is C14H17F4NO. The third-order valence-corrected chi connectivity index (χ3v) is 3.67. The van der Waals surface area contributed by atoms with Crippen molar-refractivity contribution < 1.29 is 22.7 Å². The summed E-state index contributed by atoms with van der Waals surface area (Å²) in [7, 11) is 0. The van der Waals surface area contributed by atoms with Crippen molar-refractivity contribution in [2.24, 2.45) is 0 Å². The molecular weight excluding hydrogens is 274 g/mol. The van der Waals surface area contributed by atoms with Gasteiger partial charge in [0.2, 0.25) is 0 Å². The van der Waals surface area contributed by atoms with Gasteiger partial charge in [-0.1, -0.05) is 12.8 Å². The Morgan fingerprint density at radius 1 is 1.20 bits per heavy atom. The lowest BCUT2D eigenvalue weighted by molar-refractivity contribution is -0.137. The van der Waals surface area contributed by atoms with Gasteiger partial charge in [0.05, 0.1) is 23.9 Å². The summed E-state index contributed by atoms with van der Waals surface area (Å²) in [6, 6.07) is 2.34. The highest BCUT2D eigenvalue weighted by molar-refractivity contribution is 5.50. The molecule has 2 rings (SSSR count). The highest BCUT2D eigenvalue weighted by Gasteiger charge is 2.32. The van der Waals surface area contributed by atoms with Gasteiger partial charge >= 0.3 is 6.18 Å². The van der Waals surface area contributed by atoms with E-state index in [4.69, 9.17) is 0 Å². The molecule has 0 spiro atoms. The molecule has 1 atom stereocenters. The monoisotopic (exact) mass is 291 g/mol. The molecule has 0 amide bonds. The summed E-state index contributed by atoms with van der Waals surface area (Å²) in [6.07, 6.45) is -1.07. The predicted octanol–water partition coefficient (Wildman–Crippen LogP) is 3.59. The van der Waals surface area contributed by atoms with Crippen molar-refractivity contribution in [2.45, 2.75) is 37.9 Å². The Hall–Kier alpha value is -1.30. The second-order valence-corrected chi connectivity index (χ2v) is 5.04. The van der Waals surface area contributed by atoms with Gasteiger partial charge in [0, 0.05) is 6.54 Å². The molecule has 0 aromatic heterocycles. The first-order chi connectivity index (χ1) is 9.43. The van der Waals surface area contributed by atoms with Crippen LogP contribution in [0.5, 0.6) is 0 Å². The van der Waals surface area contributed by atoms with Crippen molar-refractivity contribution in [1.82, 2.24) is 0 Å². The maximum atomic E-state index is 14.0. The van der Waals surface area contributed by atoms with Crippen molar-refractivity contribution in [1.29, 1.82) is 0 Å². The van der Waals surface area contributed by atoms with Gasteiger partial charge in [-0.15, -0.1) is 0 Å². The van der Waals surface area contributed by atoms with Crippen LogP contribution in [0.15, 0.2) is 18.2 Å². The lowest BCUT2D eigenvalue weighted by Crippen LogP contribution is -2.38. The van der Waals surface area contributed by atoms with Gasteiger partial charge in [0.1, 0.15) is 5.82 Å². The number of alkyl halides is 3. The SMILES string of the molecule is OCC1CCCCCN1c1ccc(C(F)(F)F)cc1F. The molecule has 1 heterocycles. The van der Waals surface area contributed by atoms with Crippen LogP contribution < -0.4 is 4.90 Å². The molecule has 1 aromatic carbocycles. The summed E-state index contributed by atoms with van der Waals surface area (Å²) < 4.78 is 51.6. The van der Waals surface area contributed by atoms with E-state index < -0.39 is 17.6 Å². The fourth-order valence-corrected chi connectivity index (χ4v) is 2.60. The Bertz CT molecular complexity index is 461. The van der Waals surface area contributed by atoms with E-state index in [1.54, 1.807) is 4.90 Å². The molecule has 1 aliphatic rings. The molecule has 1 aromatic rings. The van der Waals surface area contributed by atoms with E-state index in [1.165, 1.54) is 0 Å². The fraction of sp³-hybridized carbons (Fsp3) is 0.571. The van der Waals surface area contributed by atoms with Crippen molar-refractivity contribution >= 4 is 5.69 Å². The van der Waals surface area contributed by atoms with Crippen molar-refractivity contribution in [3.05, 3.63) is 29.6 Å². The summed E-state index contributed by atoms with van der Waals surface area (Å²) in [5, 5.41) is 9.38. The Kier molecular flexibility index (Phi) is 4.52. The topological polar surface area (TPSA) is 23.5 Å². The van der Waals surface area contributed by atoms with Crippen molar-refractivity contribution in [3.8, 4) is 0 Å². The van der Waals surface area contributed by atoms with E-state index in [2.05, 4.69) is 0 Å². The van der Waals surface area contributed by atoms with Crippen LogP contribution in [0.3, 0.4) is 0 Å². The first kappa shape index (κ1) is 15.1. The van der Waals surface area contributed by atoms with E-state index in [0.717, 1.165) is 37.8 Å². The third kappa shape index (κ3) is 3.23. The van der Waals surface area contributed by atoms with Crippen LogP contribution in [-0.2, 0) is 6.18 Å². The largest absolute Gasteiger partial charge is 0.416 e. The maximum Gasteiger partial charge on any atom is 0.416 e. The number of anilines is 1. The fourth-order valence-electron chi connectivity index (χ4n) is 2.60. The molecule has 20 heavy (non-hydrogen) atoms. The van der Waals surface area contributed by atoms with Gasteiger partial charge in [0.25, 0.3) is 0 Å². The van der Waals surface area contributed by atoms with Crippen molar-refractivity contribution in [2.75, 3.05) is 18.1 Å². The second-order valence-electron chi connectivity index (χ2n) is 5.04. The molecule has 1 saturated heterocycles. The molecule has 0 bridgehead atoms. The first-order valence-electron chi connectivity index (χ1n) is 6.67. The zero-order valence-corrected chi connectivity index (χ0v) is 11.0. The van der Waals surface area contributed by atoms with E-state index in [0.29, 0.717) is 12.6 Å². The van der Waals surface area contributed by atoms with E-state index in [9.17, 15) is 22.7 Å². The first-order valence-corrected chi connectivity index (χ1v) is 6.67. The molecule has 1 N–H and O–H groups in total. The third-order valence-electron chi connectivity index (χ3n) is 3.67. The van der Waals surface area contributed by atoms with Crippen LogP contribution in [0, 0.1) is 5.82 Å². The minimum atomic E-state index is -4.55. The van der Waals surface area contributed by atoms with Gasteiger partial charge in [-0.2, -0.15) is 13.2 Å². The number of nitrogens with zero attached hydrogens (tertiary/aromatic N) is 1. The highest BCUT2D eigenvalue weighted by atomic mass is 19.4. The summed E-state index contributed by atoms with van der Waals surface area (Å²) in [4.78, 5) is 1.68. The molecule has 1 aliphatic heterocycles. The minimum Gasteiger partial charge on any atom is -0.394 e. The van der Waals surface area contributed by atoms with Gasteiger partial charge in [0.15, 0.2) is 0 Å². The minimum absolute atomic E-state index is 0.125. The van der Waals surface area contributed by atoms with E-state index in [1.807, 2.05) is 0 Å². The lowest BCUT2D eigenvalue weighted by atomic mass is 10.1. The second kappa shape index (κ2) is 5.99. The average molecular weight is 291 g/mol. The molecule has 0 aliphatic carbocycles. The summed E-state index contributed by atoms with van der Waals surface area (Å²) in [5.41, 5.74) is -0.854. The van der Waals surface area contributed by atoms with E-state index in [-0.39, 0.29) is 18.3 Å². The maximum absolute atomic E-state index is 14.0. The molecule has 2 nitrogen and oxygen atoms in total. The molecule has 112 valence electrons. The summed E-state index contributed by atoms with van der Waals surface area (Å²) in [6.45, 7) is 0.425. The molecule has 0 saturated carbocycles. The number of benzene rings is 1. The average Bonchev–Trinajstić information content (AvgIpc) is 2.62. The quantitative estimate of drug-likeness (QED) is 0.842. The van der Waals surface area contributed by atoms with Crippen LogP contribution in [0.2, 0.25) is 0 Å². The molecule has 1 unspecified atom stereocenters. The van der Waals surface area contributed by atoms with Crippen LogP contribution >= 0.6 is 0 Å². The number of hydrogen-bond acceptors (Lipinski definition) is 2. The standard InChI is InChI=1S/C14H17F4NO/c15-12-8-10(14(16,17)18)5-6-13(12)19-7-3-1-2-4-11(19)9-20/h5-6,8,11,20H,1-4,7,9H2. The lowest BCUT2D eigenvalue weighted by Gasteiger charge is -2.31. The smallest absolute Gasteiger partial charge is 0.394 e. The summed E-state index contributed by atoms with van der Waals surface area (Å²) >= 11 is 0. The van der Waals surface area contributed by atoms with Crippen LogP contribution in [0.4, 0.5) is 23.2 Å². The molecule has 0 radical (unpaired) electrons. The number of halogens is 4. The van der Waals surface area contributed by atoms with Gasteiger partial charge < -0.3 is 10.0 Å². The number of aliphatic hydroxyl groups excluding tert-OH is 1. The number of rotatable bonds is 2. The zero-order chi connectivity index (χ0) is 14.8. The predicted molar refractivity (Wildman–Crippen MR) is 68.1 cm³/mol. The normalized spacial score (nSPS) is 20.9. The van der Waals surface area contributed by atoms with Crippen molar-refractivity contribution in [3.63, 3.8) is 0 Å². The Balaban J connectivity index is 2.31. The highest BCUT2D eigenvalue weighted by Crippen LogP contribution is 2.33. The van der Waals surface area contributed by atoms with Gasteiger partial charge in [-0.25, -0.2) is 4.39 Å². The van der Waals surface area contributed by atoms with Gasteiger partial charge in [-0.3, -0.25) is 0 Å². The van der Waals surface area contributed by atoms with Crippen LogP contribution in [0.25, 0.3) is 0 Å². The summed E-state index contributed by atoms with van der Waals surface area (Å²) in [5.74, 6) is -0.889. The zero-order valence-electron chi connectivity index (χ0n) is 11.0. The molecule has 6 heteroatoms. The van der Waals surface area contributed by atoms with Crippen LogP contribution in [0.1, 0.15) is 31.2 Å². The Labute approximate surface area is 115 Å². The number of hydrogen-bond donors (Lipinski definition) is 1. The number of aliphatic hydroxyl groups is 1. The van der Waals surface area contributed by atoms with Crippen LogP contribution in [-0.4, -0.2) is 24.3 Å². The molecule has 1 fully saturated rings. The van der Waals surface area contributed by atoms with E-state index >= 15 is 0 Å². The Morgan fingerprint density at radius 2 is 1.95 bits per heavy atom.